The maximum Gasteiger partial charge on any atom is 0.264 e. The third-order valence-corrected chi connectivity index (χ3v) is 6.28. The smallest absolute Gasteiger partial charge is 0.264 e. The highest BCUT2D eigenvalue weighted by atomic mass is 32.1. The van der Waals surface area contributed by atoms with Gasteiger partial charge in [-0.05, 0) is 56.1 Å². The first-order valence-electron chi connectivity index (χ1n) is 8.38. The van der Waals surface area contributed by atoms with E-state index >= 15 is 0 Å². The lowest BCUT2D eigenvalue weighted by molar-refractivity contribution is 0.0739. The summed E-state index contributed by atoms with van der Waals surface area (Å²) in [5.41, 5.74) is 2.68. The number of fused-ring (bicyclic) bond motifs is 1. The van der Waals surface area contributed by atoms with Gasteiger partial charge in [0.2, 0.25) is 0 Å². The molecule has 0 spiro atoms. The average molecular weight is 326 g/mol. The lowest BCUT2D eigenvalue weighted by Crippen LogP contribution is -2.35. The molecule has 4 heteroatoms. The maximum atomic E-state index is 12.8. The van der Waals surface area contributed by atoms with Gasteiger partial charge in [-0.1, -0.05) is 24.3 Å². The summed E-state index contributed by atoms with van der Waals surface area (Å²) >= 11 is 1.68. The third kappa shape index (κ3) is 2.81. The standard InChI is InChI=1S/C19H22N2OS/c1-20-11-4-7-16(20)17-8-9-18(23-17)19(22)21-12-10-14-5-2-3-6-15(14)13-21/h2-3,5-6,8-9,16H,4,7,10-13H2,1H3/t16-/m1/s1. The van der Waals surface area contributed by atoms with E-state index in [-0.39, 0.29) is 5.91 Å². The number of thiophene rings is 1. The van der Waals surface area contributed by atoms with Gasteiger partial charge in [-0.2, -0.15) is 0 Å². The first kappa shape index (κ1) is 14.9. The van der Waals surface area contributed by atoms with Crippen LogP contribution in [0.2, 0.25) is 0 Å². The molecule has 0 unspecified atom stereocenters. The van der Waals surface area contributed by atoms with Crippen LogP contribution in [-0.4, -0.2) is 35.8 Å². The van der Waals surface area contributed by atoms with Crippen LogP contribution in [0.5, 0.6) is 0 Å². The summed E-state index contributed by atoms with van der Waals surface area (Å²) in [7, 11) is 2.18. The van der Waals surface area contributed by atoms with Gasteiger partial charge in [-0.15, -0.1) is 11.3 Å². The Kier molecular flexibility index (Phi) is 3.95. The molecule has 3 nitrogen and oxygen atoms in total. The van der Waals surface area contributed by atoms with Crippen LogP contribution in [0.25, 0.3) is 0 Å². The minimum atomic E-state index is 0.191. The second-order valence-corrected chi connectivity index (χ2v) is 7.70. The Labute approximate surface area is 141 Å². The number of hydrogen-bond acceptors (Lipinski definition) is 3. The van der Waals surface area contributed by atoms with Crippen molar-refractivity contribution >= 4 is 17.2 Å². The quantitative estimate of drug-likeness (QED) is 0.840. The predicted octanol–water partition coefficient (Wildman–Crippen LogP) is 3.71. The number of benzene rings is 1. The van der Waals surface area contributed by atoms with Gasteiger partial charge in [0.15, 0.2) is 0 Å². The fourth-order valence-electron chi connectivity index (χ4n) is 3.74. The normalized spacial score (nSPS) is 21.4. The van der Waals surface area contributed by atoms with E-state index in [1.807, 2.05) is 11.0 Å². The summed E-state index contributed by atoms with van der Waals surface area (Å²) in [5, 5.41) is 0. The zero-order valence-electron chi connectivity index (χ0n) is 13.5. The molecule has 0 bridgehead atoms. The van der Waals surface area contributed by atoms with Crippen LogP contribution >= 0.6 is 11.3 Å². The van der Waals surface area contributed by atoms with Gasteiger partial charge in [0.05, 0.1) is 4.88 Å². The van der Waals surface area contributed by atoms with Gasteiger partial charge >= 0.3 is 0 Å². The average Bonchev–Trinajstić information content (AvgIpc) is 3.22. The highest BCUT2D eigenvalue weighted by Gasteiger charge is 2.27. The molecule has 120 valence electrons. The highest BCUT2D eigenvalue weighted by Crippen LogP contribution is 2.35. The molecule has 1 fully saturated rings. The van der Waals surface area contributed by atoms with E-state index in [4.69, 9.17) is 0 Å². The number of likely N-dealkylation sites (tertiary alicyclic amines) is 1. The molecule has 2 aliphatic heterocycles. The van der Waals surface area contributed by atoms with Crippen LogP contribution < -0.4 is 0 Å². The van der Waals surface area contributed by atoms with E-state index < -0.39 is 0 Å². The molecule has 0 saturated carbocycles. The Bertz CT molecular complexity index is 724. The van der Waals surface area contributed by atoms with Crippen LogP contribution in [-0.2, 0) is 13.0 Å². The van der Waals surface area contributed by atoms with E-state index in [0.717, 1.165) is 30.9 Å². The van der Waals surface area contributed by atoms with Crippen molar-refractivity contribution in [2.24, 2.45) is 0 Å². The Morgan fingerprint density at radius 2 is 1.96 bits per heavy atom. The van der Waals surface area contributed by atoms with Crippen LogP contribution in [0.4, 0.5) is 0 Å². The SMILES string of the molecule is CN1CCC[C@@H]1c1ccc(C(=O)N2CCc3ccccc3C2)s1. The zero-order valence-corrected chi connectivity index (χ0v) is 14.3. The molecule has 1 saturated heterocycles. The van der Waals surface area contributed by atoms with E-state index in [9.17, 15) is 4.79 Å². The fraction of sp³-hybridized carbons (Fsp3) is 0.421. The van der Waals surface area contributed by atoms with E-state index in [1.165, 1.54) is 28.8 Å². The molecule has 3 heterocycles. The zero-order chi connectivity index (χ0) is 15.8. The lowest BCUT2D eigenvalue weighted by Gasteiger charge is -2.28. The largest absolute Gasteiger partial charge is 0.333 e. The van der Waals surface area contributed by atoms with Crippen LogP contribution in [0, 0.1) is 0 Å². The minimum Gasteiger partial charge on any atom is -0.333 e. The van der Waals surface area contributed by atoms with Gasteiger partial charge in [0.1, 0.15) is 0 Å². The van der Waals surface area contributed by atoms with Crippen molar-refractivity contribution in [1.29, 1.82) is 0 Å². The lowest BCUT2D eigenvalue weighted by atomic mass is 10.00. The predicted molar refractivity (Wildman–Crippen MR) is 93.8 cm³/mol. The molecule has 1 atom stereocenters. The summed E-state index contributed by atoms with van der Waals surface area (Å²) in [6.45, 7) is 2.73. The van der Waals surface area contributed by atoms with Crippen molar-refractivity contribution in [2.75, 3.05) is 20.1 Å². The number of rotatable bonds is 2. The van der Waals surface area contributed by atoms with E-state index in [1.54, 1.807) is 11.3 Å². The van der Waals surface area contributed by atoms with Crippen LogP contribution in [0.15, 0.2) is 36.4 Å². The van der Waals surface area contributed by atoms with Crippen LogP contribution in [0.3, 0.4) is 0 Å². The van der Waals surface area contributed by atoms with Gasteiger partial charge in [-0.3, -0.25) is 9.69 Å². The Hall–Kier alpha value is -1.65. The third-order valence-electron chi connectivity index (χ3n) is 5.10. The summed E-state index contributed by atoms with van der Waals surface area (Å²) in [4.78, 5) is 19.5. The first-order valence-corrected chi connectivity index (χ1v) is 9.20. The Morgan fingerprint density at radius 1 is 1.13 bits per heavy atom. The number of carbonyl (C=O) groups is 1. The summed E-state index contributed by atoms with van der Waals surface area (Å²) in [6, 6.07) is 13.1. The second kappa shape index (κ2) is 6.10. The van der Waals surface area contributed by atoms with Gasteiger partial charge in [0, 0.05) is 24.0 Å². The first-order chi connectivity index (χ1) is 11.2. The summed E-state index contributed by atoms with van der Waals surface area (Å²) in [5.74, 6) is 0.191. The number of nitrogens with zero attached hydrogens (tertiary/aromatic N) is 2. The highest BCUT2D eigenvalue weighted by molar-refractivity contribution is 7.14. The molecule has 2 aliphatic rings. The molecule has 0 N–H and O–H groups in total. The van der Waals surface area contributed by atoms with Gasteiger partial charge in [0.25, 0.3) is 5.91 Å². The van der Waals surface area contributed by atoms with Gasteiger partial charge < -0.3 is 4.90 Å². The van der Waals surface area contributed by atoms with Crippen molar-refractivity contribution in [3.63, 3.8) is 0 Å². The molecule has 0 radical (unpaired) electrons. The molecule has 2 aromatic rings. The molecule has 1 aromatic carbocycles. The molecule has 23 heavy (non-hydrogen) atoms. The number of amides is 1. The Balaban J connectivity index is 1.51. The molecule has 0 aliphatic carbocycles. The molecular formula is C19H22N2OS. The van der Waals surface area contributed by atoms with Crippen molar-refractivity contribution in [1.82, 2.24) is 9.80 Å². The number of hydrogen-bond donors (Lipinski definition) is 0. The Morgan fingerprint density at radius 3 is 2.74 bits per heavy atom. The van der Waals surface area contributed by atoms with Crippen molar-refractivity contribution in [2.45, 2.75) is 31.8 Å². The molecule has 4 rings (SSSR count). The fourth-order valence-corrected chi connectivity index (χ4v) is 4.92. The van der Waals surface area contributed by atoms with E-state index in [0.29, 0.717) is 6.04 Å². The molecule has 1 aromatic heterocycles. The monoisotopic (exact) mass is 326 g/mol. The summed E-state index contributed by atoms with van der Waals surface area (Å²) < 4.78 is 0. The minimum absolute atomic E-state index is 0.191. The maximum absolute atomic E-state index is 12.8. The van der Waals surface area contributed by atoms with Crippen molar-refractivity contribution < 1.29 is 4.79 Å². The van der Waals surface area contributed by atoms with Crippen molar-refractivity contribution in [3.8, 4) is 0 Å². The molecular weight excluding hydrogens is 304 g/mol. The topological polar surface area (TPSA) is 23.6 Å². The van der Waals surface area contributed by atoms with Crippen LogP contribution in [0.1, 0.15) is 44.6 Å². The van der Waals surface area contributed by atoms with Gasteiger partial charge in [-0.25, -0.2) is 0 Å². The summed E-state index contributed by atoms with van der Waals surface area (Å²) in [6.07, 6.45) is 3.43. The van der Waals surface area contributed by atoms with E-state index in [2.05, 4.69) is 42.3 Å². The molecule has 1 amide bonds. The number of carbonyl (C=O) groups excluding carboxylic acids is 1. The van der Waals surface area contributed by atoms with Crippen molar-refractivity contribution in [3.05, 3.63) is 57.3 Å². The second-order valence-electron chi connectivity index (χ2n) is 6.59.